The van der Waals surface area contributed by atoms with Gasteiger partial charge in [-0.3, -0.25) is 4.79 Å². The minimum atomic E-state index is -1.04. The van der Waals surface area contributed by atoms with Gasteiger partial charge in [-0.1, -0.05) is 11.6 Å². The van der Waals surface area contributed by atoms with Gasteiger partial charge in [0.1, 0.15) is 5.76 Å². The second-order valence-electron chi connectivity index (χ2n) is 5.43. The topological polar surface area (TPSA) is 105 Å². The van der Waals surface area contributed by atoms with Crippen molar-refractivity contribution in [2.45, 2.75) is 38.5 Å². The molecule has 3 rings (SSSR count). The first-order chi connectivity index (χ1) is 11.1. The largest absolute Gasteiger partial charge is 0.476 e. The number of hydrogen-bond donors (Lipinski definition) is 2. The normalized spacial score (nSPS) is 14.1. The summed E-state index contributed by atoms with van der Waals surface area (Å²) in [5.74, 6) is -0.451. The zero-order valence-electron chi connectivity index (χ0n) is 12.5. The van der Waals surface area contributed by atoms with Crippen LogP contribution in [0.5, 0.6) is 0 Å². The number of nitrogens with one attached hydrogen (secondary N) is 1. The van der Waals surface area contributed by atoms with Crippen molar-refractivity contribution < 1.29 is 19.2 Å². The number of carbonyl (C=O) groups excluding carboxylic acids is 1. The van der Waals surface area contributed by atoms with E-state index in [2.05, 4.69) is 15.5 Å². The van der Waals surface area contributed by atoms with Crippen LogP contribution in [0.1, 0.15) is 56.6 Å². The maximum Gasteiger partial charge on any atom is 0.355 e. The predicted molar refractivity (Wildman–Crippen MR) is 82.9 cm³/mol. The zero-order valence-corrected chi connectivity index (χ0v) is 13.3. The van der Waals surface area contributed by atoms with Crippen LogP contribution >= 0.6 is 11.3 Å². The Bertz CT molecular complexity index is 722. The standard InChI is InChI=1S/C15H17N3O4S/c19-14(13-9-4-2-1-3-5-11(9)22-18-13)16-7-6-12-17-10(8-23-12)15(20)21/h8H,1-7H2,(H,16,19)(H,20,21). The highest BCUT2D eigenvalue weighted by atomic mass is 32.1. The molecule has 0 aromatic carbocycles. The number of aromatic carboxylic acids is 1. The van der Waals surface area contributed by atoms with Crippen LogP contribution in [0.3, 0.4) is 0 Å². The molecule has 2 heterocycles. The lowest BCUT2D eigenvalue weighted by atomic mass is 10.1. The SMILES string of the molecule is O=C(O)c1csc(CCNC(=O)c2noc3c2CCCCC3)n1. The number of aromatic nitrogens is 2. The van der Waals surface area contributed by atoms with Gasteiger partial charge in [-0.2, -0.15) is 0 Å². The Kier molecular flexibility index (Phi) is 4.71. The van der Waals surface area contributed by atoms with Gasteiger partial charge in [-0.25, -0.2) is 9.78 Å². The van der Waals surface area contributed by atoms with Gasteiger partial charge in [0.15, 0.2) is 11.4 Å². The number of thiazole rings is 1. The highest BCUT2D eigenvalue weighted by molar-refractivity contribution is 7.09. The van der Waals surface area contributed by atoms with Gasteiger partial charge in [0, 0.05) is 30.3 Å². The van der Waals surface area contributed by atoms with E-state index >= 15 is 0 Å². The zero-order chi connectivity index (χ0) is 16.2. The third kappa shape index (κ3) is 3.58. The molecule has 7 nitrogen and oxygen atoms in total. The molecule has 0 unspecified atom stereocenters. The molecule has 2 N–H and O–H groups in total. The van der Waals surface area contributed by atoms with Crippen LogP contribution in [0.15, 0.2) is 9.90 Å². The van der Waals surface area contributed by atoms with Crippen molar-refractivity contribution >= 4 is 23.2 Å². The van der Waals surface area contributed by atoms with Gasteiger partial charge in [0.25, 0.3) is 5.91 Å². The highest BCUT2D eigenvalue weighted by Gasteiger charge is 2.22. The van der Waals surface area contributed by atoms with E-state index in [1.807, 2.05) is 0 Å². The third-order valence-electron chi connectivity index (χ3n) is 3.81. The van der Waals surface area contributed by atoms with E-state index in [1.165, 1.54) is 16.7 Å². The summed E-state index contributed by atoms with van der Waals surface area (Å²) in [6.45, 7) is 0.382. The summed E-state index contributed by atoms with van der Waals surface area (Å²) >= 11 is 1.28. The number of carboxylic acids is 1. The van der Waals surface area contributed by atoms with E-state index in [0.717, 1.165) is 43.4 Å². The molecule has 1 amide bonds. The van der Waals surface area contributed by atoms with Crippen molar-refractivity contribution in [3.63, 3.8) is 0 Å². The molecule has 8 heteroatoms. The summed E-state index contributed by atoms with van der Waals surface area (Å²) in [4.78, 5) is 27.0. The minimum Gasteiger partial charge on any atom is -0.476 e. The van der Waals surface area contributed by atoms with Crippen LogP contribution in [0.25, 0.3) is 0 Å². The second-order valence-corrected chi connectivity index (χ2v) is 6.37. The molecule has 122 valence electrons. The molecule has 0 atom stereocenters. The van der Waals surface area contributed by atoms with Crippen molar-refractivity contribution in [2.75, 3.05) is 6.54 Å². The van der Waals surface area contributed by atoms with Gasteiger partial charge in [0.05, 0.1) is 5.01 Å². The first-order valence-corrected chi connectivity index (χ1v) is 8.46. The smallest absolute Gasteiger partial charge is 0.355 e. The molecule has 2 aromatic heterocycles. The summed E-state index contributed by atoms with van der Waals surface area (Å²) in [5, 5.41) is 17.7. The van der Waals surface area contributed by atoms with E-state index in [1.54, 1.807) is 0 Å². The lowest BCUT2D eigenvalue weighted by Gasteiger charge is -2.03. The third-order valence-corrected chi connectivity index (χ3v) is 4.72. The Balaban J connectivity index is 1.57. The fraction of sp³-hybridized carbons (Fsp3) is 0.467. The van der Waals surface area contributed by atoms with Crippen molar-refractivity contribution in [3.8, 4) is 0 Å². The van der Waals surface area contributed by atoms with Crippen molar-refractivity contribution in [2.24, 2.45) is 0 Å². The minimum absolute atomic E-state index is 0.0400. The number of hydrogen-bond acceptors (Lipinski definition) is 6. The quantitative estimate of drug-likeness (QED) is 0.810. The van der Waals surface area contributed by atoms with Crippen LogP contribution < -0.4 is 5.32 Å². The maximum absolute atomic E-state index is 12.2. The molecule has 0 aliphatic heterocycles. The van der Waals surface area contributed by atoms with Gasteiger partial charge < -0.3 is 14.9 Å². The van der Waals surface area contributed by atoms with Crippen LogP contribution in [0.2, 0.25) is 0 Å². The van der Waals surface area contributed by atoms with E-state index in [4.69, 9.17) is 9.63 Å². The fourth-order valence-corrected chi connectivity index (χ4v) is 3.40. The van der Waals surface area contributed by atoms with Crippen LogP contribution in [-0.4, -0.2) is 33.7 Å². The van der Waals surface area contributed by atoms with Gasteiger partial charge >= 0.3 is 5.97 Å². The van der Waals surface area contributed by atoms with Crippen molar-refractivity contribution in [3.05, 3.63) is 33.1 Å². The van der Waals surface area contributed by atoms with E-state index < -0.39 is 5.97 Å². The molecular formula is C15H17N3O4S. The number of fused-ring (bicyclic) bond motifs is 1. The van der Waals surface area contributed by atoms with E-state index in [-0.39, 0.29) is 11.6 Å². The van der Waals surface area contributed by atoms with E-state index in [9.17, 15) is 9.59 Å². The Labute approximate surface area is 136 Å². The molecule has 23 heavy (non-hydrogen) atoms. The van der Waals surface area contributed by atoms with Gasteiger partial charge in [-0.05, 0) is 19.3 Å². The molecule has 0 bridgehead atoms. The van der Waals surface area contributed by atoms with Crippen molar-refractivity contribution in [1.82, 2.24) is 15.5 Å². The number of rotatable bonds is 5. The summed E-state index contributed by atoms with van der Waals surface area (Å²) in [6.07, 6.45) is 5.42. The maximum atomic E-state index is 12.2. The van der Waals surface area contributed by atoms with Gasteiger partial charge in [-0.15, -0.1) is 11.3 Å². The molecule has 0 saturated carbocycles. The summed E-state index contributed by atoms with van der Waals surface area (Å²) in [5.41, 5.74) is 1.35. The lowest BCUT2D eigenvalue weighted by molar-refractivity contribution is 0.0690. The summed E-state index contributed by atoms with van der Waals surface area (Å²) < 4.78 is 5.30. The first-order valence-electron chi connectivity index (χ1n) is 7.58. The molecule has 2 aromatic rings. The van der Waals surface area contributed by atoms with E-state index in [0.29, 0.717) is 23.7 Å². The van der Waals surface area contributed by atoms with Gasteiger partial charge in [0.2, 0.25) is 0 Å². The predicted octanol–water partition coefficient (Wildman–Crippen LogP) is 2.07. The fourth-order valence-electron chi connectivity index (χ4n) is 2.63. The number of amides is 1. The molecule has 0 radical (unpaired) electrons. The number of carboxylic acid groups (broad SMARTS) is 1. The molecule has 0 fully saturated rings. The first kappa shape index (κ1) is 15.7. The lowest BCUT2D eigenvalue weighted by Crippen LogP contribution is -2.27. The van der Waals surface area contributed by atoms with Crippen LogP contribution in [0, 0.1) is 0 Å². The molecule has 0 spiro atoms. The van der Waals surface area contributed by atoms with Crippen LogP contribution in [0.4, 0.5) is 0 Å². The Hall–Kier alpha value is -2.22. The monoisotopic (exact) mass is 335 g/mol. The summed E-state index contributed by atoms with van der Waals surface area (Å²) in [7, 11) is 0. The van der Waals surface area contributed by atoms with Crippen molar-refractivity contribution in [1.29, 1.82) is 0 Å². The number of nitrogens with zero attached hydrogens (tertiary/aromatic N) is 2. The summed E-state index contributed by atoms with van der Waals surface area (Å²) in [6, 6.07) is 0. The Morgan fingerprint density at radius 3 is 2.91 bits per heavy atom. The number of aryl methyl sites for hydroxylation is 1. The average molecular weight is 335 g/mol. The second kappa shape index (κ2) is 6.91. The molecule has 1 aliphatic carbocycles. The Morgan fingerprint density at radius 1 is 1.30 bits per heavy atom. The highest BCUT2D eigenvalue weighted by Crippen LogP contribution is 2.23. The van der Waals surface area contributed by atoms with Crippen LogP contribution in [-0.2, 0) is 19.3 Å². The molecular weight excluding hydrogens is 318 g/mol. The molecule has 1 aliphatic rings. The number of carbonyl (C=O) groups is 2. The average Bonchev–Trinajstić information content (AvgIpc) is 3.09. The molecule has 0 saturated heterocycles. The Morgan fingerprint density at radius 2 is 2.13 bits per heavy atom.